The van der Waals surface area contributed by atoms with Gasteiger partial charge in [-0.15, -0.1) is 0 Å². The quantitative estimate of drug-likeness (QED) is 0.601. The highest BCUT2D eigenvalue weighted by atomic mass is 16.5. The fourth-order valence-corrected chi connectivity index (χ4v) is 2.28. The van der Waals surface area contributed by atoms with Crippen molar-refractivity contribution >= 4 is 5.97 Å². The summed E-state index contributed by atoms with van der Waals surface area (Å²) < 4.78 is 11.3. The second-order valence-corrected chi connectivity index (χ2v) is 4.82. The second kappa shape index (κ2) is 6.94. The molecular weight excluding hydrogens is 252 g/mol. The Balaban J connectivity index is 2.20. The third-order valence-electron chi connectivity index (χ3n) is 3.22. The molecule has 0 saturated heterocycles. The minimum Gasteiger partial charge on any atom is -0.486 e. The average Bonchev–Trinajstić information content (AvgIpc) is 2.46. The lowest BCUT2D eigenvalue weighted by Crippen LogP contribution is -2.17. The predicted molar refractivity (Wildman–Crippen MR) is 78.6 cm³/mol. The maximum Gasteiger partial charge on any atom is 0.303 e. The maximum absolute atomic E-state index is 11.2. The van der Waals surface area contributed by atoms with Gasteiger partial charge in [-0.2, -0.15) is 0 Å². The molecule has 2 rings (SSSR count). The molecule has 3 heteroatoms. The van der Waals surface area contributed by atoms with Crippen molar-refractivity contribution in [2.45, 2.75) is 38.4 Å². The van der Waals surface area contributed by atoms with Gasteiger partial charge < -0.3 is 9.47 Å². The van der Waals surface area contributed by atoms with Gasteiger partial charge in [-0.3, -0.25) is 4.79 Å². The molecule has 0 aliphatic heterocycles. The van der Waals surface area contributed by atoms with Crippen LogP contribution in [-0.4, -0.2) is 12.1 Å². The van der Waals surface area contributed by atoms with Crippen LogP contribution in [0.25, 0.3) is 0 Å². The highest BCUT2D eigenvalue weighted by molar-refractivity contribution is 5.66. The zero-order chi connectivity index (χ0) is 14.4. The van der Waals surface area contributed by atoms with Crippen molar-refractivity contribution in [3.8, 4) is 5.75 Å². The molecule has 0 aromatic heterocycles. The third-order valence-corrected chi connectivity index (χ3v) is 3.22. The fourth-order valence-electron chi connectivity index (χ4n) is 2.28. The van der Waals surface area contributed by atoms with Crippen LogP contribution in [0.2, 0.25) is 0 Å². The second-order valence-electron chi connectivity index (χ2n) is 4.82. The van der Waals surface area contributed by atoms with E-state index in [0.29, 0.717) is 0 Å². The number of para-hydroxylation sites is 1. The number of esters is 1. The van der Waals surface area contributed by atoms with Crippen molar-refractivity contribution in [2.24, 2.45) is 0 Å². The number of benzene rings is 1. The molecule has 0 spiro atoms. The topological polar surface area (TPSA) is 35.5 Å². The molecule has 0 N–H and O–H groups in total. The third kappa shape index (κ3) is 3.73. The summed E-state index contributed by atoms with van der Waals surface area (Å²) in [4.78, 5) is 11.2. The summed E-state index contributed by atoms with van der Waals surface area (Å²) in [7, 11) is 0. The van der Waals surface area contributed by atoms with E-state index in [0.717, 1.165) is 30.6 Å². The number of carbonyl (C=O) groups is 1. The Morgan fingerprint density at radius 2 is 2.25 bits per heavy atom. The number of hydrogen-bond donors (Lipinski definition) is 0. The van der Waals surface area contributed by atoms with Crippen molar-refractivity contribution in [2.75, 3.05) is 0 Å². The van der Waals surface area contributed by atoms with E-state index in [9.17, 15) is 4.79 Å². The molecule has 0 radical (unpaired) electrons. The van der Waals surface area contributed by atoms with E-state index in [4.69, 9.17) is 9.47 Å². The van der Waals surface area contributed by atoms with Gasteiger partial charge in [0.1, 0.15) is 18.0 Å². The minimum absolute atomic E-state index is 0.0905. The summed E-state index contributed by atoms with van der Waals surface area (Å²) in [6.07, 6.45) is 8.73. The Kier molecular flexibility index (Phi) is 4.99. The summed E-state index contributed by atoms with van der Waals surface area (Å²) in [5.41, 5.74) is 0.830. The Labute approximate surface area is 119 Å². The van der Waals surface area contributed by atoms with Crippen molar-refractivity contribution in [3.05, 3.63) is 54.6 Å². The highest BCUT2D eigenvalue weighted by Crippen LogP contribution is 2.30. The maximum atomic E-state index is 11.2. The molecule has 0 amide bonds. The molecule has 106 valence electrons. The average molecular weight is 272 g/mol. The van der Waals surface area contributed by atoms with Crippen molar-refractivity contribution in [3.63, 3.8) is 0 Å². The fraction of sp³-hybridized carbons (Fsp3) is 0.353. The van der Waals surface area contributed by atoms with Crippen LogP contribution in [-0.2, 0) is 9.53 Å². The molecule has 2 atom stereocenters. The molecular formula is C17H20O3. The first-order chi connectivity index (χ1) is 9.70. The number of allylic oxidation sites excluding steroid dienone is 1. The van der Waals surface area contributed by atoms with Crippen LogP contribution >= 0.6 is 0 Å². The van der Waals surface area contributed by atoms with E-state index >= 15 is 0 Å². The molecule has 0 bridgehead atoms. The van der Waals surface area contributed by atoms with E-state index in [1.54, 1.807) is 6.08 Å². The summed E-state index contributed by atoms with van der Waals surface area (Å²) in [5.74, 6) is 0.414. The van der Waals surface area contributed by atoms with Gasteiger partial charge in [-0.1, -0.05) is 30.9 Å². The number of rotatable bonds is 5. The summed E-state index contributed by atoms with van der Waals surface area (Å²) in [6, 6.07) is 7.62. The lowest BCUT2D eigenvalue weighted by atomic mass is 10.0. The molecule has 1 aromatic carbocycles. The van der Waals surface area contributed by atoms with Crippen molar-refractivity contribution in [1.29, 1.82) is 0 Å². The molecule has 1 aromatic rings. The first kappa shape index (κ1) is 14.4. The molecule has 0 fully saturated rings. The minimum atomic E-state index is -0.476. The number of ether oxygens (including phenoxy) is 2. The lowest BCUT2D eigenvalue weighted by Gasteiger charge is -2.22. The Hall–Kier alpha value is -2.03. The van der Waals surface area contributed by atoms with Gasteiger partial charge in [0.05, 0.1) is 0 Å². The Bertz CT molecular complexity index is 505. The number of carbonyl (C=O) groups excluding carboxylic acids is 1. The summed E-state index contributed by atoms with van der Waals surface area (Å²) >= 11 is 0. The SMILES string of the molecule is C=CC(OC(C)=O)c1ccccc1OC1C=CCCC1. The highest BCUT2D eigenvalue weighted by Gasteiger charge is 2.18. The van der Waals surface area contributed by atoms with Gasteiger partial charge >= 0.3 is 5.97 Å². The largest absolute Gasteiger partial charge is 0.486 e. The van der Waals surface area contributed by atoms with Crippen LogP contribution in [0, 0.1) is 0 Å². The van der Waals surface area contributed by atoms with E-state index in [2.05, 4.69) is 18.7 Å². The zero-order valence-corrected chi connectivity index (χ0v) is 11.7. The number of hydrogen-bond acceptors (Lipinski definition) is 3. The lowest BCUT2D eigenvalue weighted by molar-refractivity contribution is -0.144. The van der Waals surface area contributed by atoms with E-state index < -0.39 is 6.10 Å². The van der Waals surface area contributed by atoms with Crippen LogP contribution < -0.4 is 4.74 Å². The van der Waals surface area contributed by atoms with Gasteiger partial charge in [-0.25, -0.2) is 0 Å². The van der Waals surface area contributed by atoms with Gasteiger partial charge in [0, 0.05) is 12.5 Å². The molecule has 0 saturated carbocycles. The van der Waals surface area contributed by atoms with Crippen molar-refractivity contribution in [1.82, 2.24) is 0 Å². The van der Waals surface area contributed by atoms with Crippen LogP contribution in [0.5, 0.6) is 5.75 Å². The van der Waals surface area contributed by atoms with Crippen molar-refractivity contribution < 1.29 is 14.3 Å². The zero-order valence-electron chi connectivity index (χ0n) is 11.7. The van der Waals surface area contributed by atoms with Gasteiger partial charge in [0.15, 0.2) is 0 Å². The smallest absolute Gasteiger partial charge is 0.303 e. The summed E-state index contributed by atoms with van der Waals surface area (Å²) in [5, 5.41) is 0. The Morgan fingerprint density at radius 3 is 2.90 bits per heavy atom. The standard InChI is InChI=1S/C17H20O3/c1-3-16(19-13(2)18)15-11-7-8-12-17(15)20-14-9-5-4-6-10-14/h3,5,7-9,11-12,14,16H,1,4,6,10H2,2H3. The molecule has 0 heterocycles. The summed E-state index contributed by atoms with van der Waals surface area (Å²) in [6.45, 7) is 5.12. The van der Waals surface area contributed by atoms with Crippen LogP contribution in [0.15, 0.2) is 49.1 Å². The van der Waals surface area contributed by atoms with Crippen LogP contribution in [0.4, 0.5) is 0 Å². The normalized spacial score (nSPS) is 19.1. The monoisotopic (exact) mass is 272 g/mol. The molecule has 2 unspecified atom stereocenters. The molecule has 1 aliphatic rings. The van der Waals surface area contributed by atoms with Gasteiger partial charge in [0.25, 0.3) is 0 Å². The van der Waals surface area contributed by atoms with Gasteiger partial charge in [-0.05, 0) is 37.5 Å². The van der Waals surface area contributed by atoms with E-state index in [1.165, 1.54) is 6.92 Å². The van der Waals surface area contributed by atoms with E-state index in [-0.39, 0.29) is 12.1 Å². The molecule has 1 aliphatic carbocycles. The van der Waals surface area contributed by atoms with Crippen LogP contribution in [0.3, 0.4) is 0 Å². The first-order valence-electron chi connectivity index (χ1n) is 6.92. The predicted octanol–water partition coefficient (Wildman–Crippen LogP) is 3.96. The van der Waals surface area contributed by atoms with Crippen LogP contribution in [0.1, 0.15) is 37.9 Å². The Morgan fingerprint density at radius 1 is 1.45 bits per heavy atom. The first-order valence-corrected chi connectivity index (χ1v) is 6.92. The van der Waals surface area contributed by atoms with Gasteiger partial charge in [0.2, 0.25) is 0 Å². The molecule has 20 heavy (non-hydrogen) atoms. The molecule has 3 nitrogen and oxygen atoms in total. The van der Waals surface area contributed by atoms with E-state index in [1.807, 2.05) is 24.3 Å².